The Labute approximate surface area is 114 Å². The summed E-state index contributed by atoms with van der Waals surface area (Å²) in [6, 6.07) is 1.72. The van der Waals surface area contributed by atoms with Gasteiger partial charge < -0.3 is 10.1 Å². The number of sulfonamides is 1. The fourth-order valence-corrected chi connectivity index (χ4v) is 4.52. The quantitative estimate of drug-likeness (QED) is 0.692. The van der Waals surface area contributed by atoms with Crippen LogP contribution in [0.3, 0.4) is 0 Å². The van der Waals surface area contributed by atoms with Crippen LogP contribution in [-0.4, -0.2) is 41.8 Å². The second-order valence-electron chi connectivity index (χ2n) is 3.20. The first-order valence-electron chi connectivity index (χ1n) is 5.00. The average molecular weight is 343 g/mol. The van der Waals surface area contributed by atoms with Gasteiger partial charge in [0.1, 0.15) is 4.21 Å². The molecule has 1 aromatic rings. The molecule has 0 spiro atoms. The molecule has 2 N–H and O–H groups in total. The van der Waals surface area contributed by atoms with E-state index in [1.165, 1.54) is 11.3 Å². The van der Waals surface area contributed by atoms with Crippen LogP contribution in [0, 0.1) is 0 Å². The number of hydrogen-bond donors (Lipinski definition) is 2. The number of ether oxygens (including phenoxy) is 1. The molecule has 5 nitrogen and oxygen atoms in total. The molecule has 98 valence electrons. The highest BCUT2D eigenvalue weighted by Gasteiger charge is 2.17. The summed E-state index contributed by atoms with van der Waals surface area (Å²) in [7, 11) is -1.77. The van der Waals surface area contributed by atoms with E-state index >= 15 is 0 Å². The molecule has 0 saturated heterocycles. The molecule has 0 aliphatic heterocycles. The minimum atomic E-state index is -3.39. The summed E-state index contributed by atoms with van der Waals surface area (Å²) >= 11 is 4.40. The Hall–Kier alpha value is 0.01000. The SMILES string of the molecule is COCCNCCNS(=O)(=O)c1sccc1Br. The molecule has 0 aliphatic rings. The molecular weight excluding hydrogens is 328 g/mol. The van der Waals surface area contributed by atoms with Gasteiger partial charge in [-0.25, -0.2) is 13.1 Å². The van der Waals surface area contributed by atoms with Crippen LogP contribution in [0.15, 0.2) is 20.1 Å². The van der Waals surface area contributed by atoms with Crippen molar-refractivity contribution in [3.05, 3.63) is 15.9 Å². The van der Waals surface area contributed by atoms with Crippen molar-refractivity contribution in [1.29, 1.82) is 0 Å². The number of hydrogen-bond acceptors (Lipinski definition) is 5. The van der Waals surface area contributed by atoms with Gasteiger partial charge in [0, 0.05) is 31.2 Å². The molecule has 0 bridgehead atoms. The number of thiophene rings is 1. The summed E-state index contributed by atoms with van der Waals surface area (Å²) < 4.78 is 31.9. The second-order valence-corrected chi connectivity index (χ2v) is 6.93. The zero-order valence-electron chi connectivity index (χ0n) is 9.40. The van der Waals surface area contributed by atoms with Crippen LogP contribution in [-0.2, 0) is 14.8 Å². The lowest BCUT2D eigenvalue weighted by atomic mass is 10.6. The Bertz CT molecular complexity index is 433. The number of methoxy groups -OCH3 is 1. The molecule has 1 heterocycles. The highest BCUT2D eigenvalue weighted by molar-refractivity contribution is 9.10. The van der Waals surface area contributed by atoms with Gasteiger partial charge in [0.15, 0.2) is 0 Å². The van der Waals surface area contributed by atoms with Crippen LogP contribution < -0.4 is 10.0 Å². The van der Waals surface area contributed by atoms with E-state index in [9.17, 15) is 8.42 Å². The Morgan fingerprint density at radius 2 is 2.18 bits per heavy atom. The zero-order chi connectivity index (χ0) is 12.7. The van der Waals surface area contributed by atoms with Gasteiger partial charge in [-0.1, -0.05) is 0 Å². The van der Waals surface area contributed by atoms with E-state index in [1.807, 2.05) is 0 Å². The van der Waals surface area contributed by atoms with Crippen molar-refractivity contribution in [3.8, 4) is 0 Å². The van der Waals surface area contributed by atoms with Gasteiger partial charge in [0.25, 0.3) is 10.0 Å². The third-order valence-corrected chi connectivity index (χ3v) is 6.04. The van der Waals surface area contributed by atoms with Gasteiger partial charge in [0.2, 0.25) is 0 Å². The highest BCUT2D eigenvalue weighted by Crippen LogP contribution is 2.26. The molecule has 0 radical (unpaired) electrons. The summed E-state index contributed by atoms with van der Waals surface area (Å²) in [6.45, 7) is 2.26. The van der Waals surface area contributed by atoms with E-state index in [0.717, 1.165) is 0 Å². The molecule has 1 rings (SSSR count). The van der Waals surface area contributed by atoms with E-state index in [2.05, 4.69) is 26.0 Å². The van der Waals surface area contributed by atoms with Crippen molar-refractivity contribution in [2.75, 3.05) is 33.4 Å². The van der Waals surface area contributed by atoms with E-state index in [1.54, 1.807) is 18.6 Å². The van der Waals surface area contributed by atoms with E-state index in [0.29, 0.717) is 34.9 Å². The molecule has 0 amide bonds. The first-order valence-corrected chi connectivity index (χ1v) is 8.16. The molecular formula is C9H15BrN2O3S2. The first kappa shape index (κ1) is 15.1. The van der Waals surface area contributed by atoms with Crippen LogP contribution in [0.4, 0.5) is 0 Å². The molecule has 0 saturated carbocycles. The largest absolute Gasteiger partial charge is 0.383 e. The third kappa shape index (κ3) is 5.02. The van der Waals surface area contributed by atoms with Crippen molar-refractivity contribution in [2.45, 2.75) is 4.21 Å². The Morgan fingerprint density at radius 1 is 1.41 bits per heavy atom. The van der Waals surface area contributed by atoms with Crippen LogP contribution in [0.5, 0.6) is 0 Å². The predicted molar refractivity (Wildman–Crippen MR) is 72.0 cm³/mol. The molecule has 0 unspecified atom stereocenters. The van der Waals surface area contributed by atoms with Crippen molar-refractivity contribution in [3.63, 3.8) is 0 Å². The van der Waals surface area contributed by atoms with Crippen LogP contribution in [0.1, 0.15) is 0 Å². The third-order valence-electron chi connectivity index (χ3n) is 1.91. The average Bonchev–Trinajstić information content (AvgIpc) is 2.70. The lowest BCUT2D eigenvalue weighted by Crippen LogP contribution is -2.32. The first-order chi connectivity index (χ1) is 8.08. The zero-order valence-corrected chi connectivity index (χ0v) is 12.6. The van der Waals surface area contributed by atoms with Crippen molar-refractivity contribution in [2.24, 2.45) is 0 Å². The summed E-state index contributed by atoms with van der Waals surface area (Å²) in [4.78, 5) is 0. The van der Waals surface area contributed by atoms with Crippen LogP contribution in [0.25, 0.3) is 0 Å². The van der Waals surface area contributed by atoms with Crippen LogP contribution in [0.2, 0.25) is 0 Å². The van der Waals surface area contributed by atoms with Crippen LogP contribution >= 0.6 is 27.3 Å². The molecule has 0 aliphatic carbocycles. The standard InChI is InChI=1S/C9H15BrN2O3S2/c1-15-6-5-11-3-4-12-17(13,14)9-8(10)2-7-16-9/h2,7,11-12H,3-6H2,1H3. The van der Waals surface area contributed by atoms with Gasteiger partial charge in [0.05, 0.1) is 6.61 Å². The molecule has 17 heavy (non-hydrogen) atoms. The Morgan fingerprint density at radius 3 is 2.76 bits per heavy atom. The summed E-state index contributed by atoms with van der Waals surface area (Å²) in [5.41, 5.74) is 0. The van der Waals surface area contributed by atoms with Gasteiger partial charge in [-0.05, 0) is 27.4 Å². The monoisotopic (exact) mass is 342 g/mol. The van der Waals surface area contributed by atoms with Gasteiger partial charge in [-0.3, -0.25) is 0 Å². The molecule has 0 aromatic carbocycles. The maximum absolute atomic E-state index is 11.8. The predicted octanol–water partition coefficient (Wildman–Crippen LogP) is 1.02. The van der Waals surface area contributed by atoms with Crippen molar-refractivity contribution < 1.29 is 13.2 Å². The van der Waals surface area contributed by atoms with E-state index in [4.69, 9.17) is 4.74 Å². The fraction of sp³-hybridized carbons (Fsp3) is 0.556. The molecule has 0 atom stereocenters. The number of halogens is 1. The maximum Gasteiger partial charge on any atom is 0.251 e. The minimum Gasteiger partial charge on any atom is -0.383 e. The van der Waals surface area contributed by atoms with Gasteiger partial charge >= 0.3 is 0 Å². The lowest BCUT2D eigenvalue weighted by Gasteiger charge is -2.06. The number of rotatable bonds is 8. The Kier molecular flexibility index (Phi) is 6.60. The van der Waals surface area contributed by atoms with Gasteiger partial charge in [-0.2, -0.15) is 0 Å². The smallest absolute Gasteiger partial charge is 0.251 e. The maximum atomic E-state index is 11.8. The molecule has 1 aromatic heterocycles. The van der Waals surface area contributed by atoms with Gasteiger partial charge in [-0.15, -0.1) is 11.3 Å². The van der Waals surface area contributed by atoms with E-state index < -0.39 is 10.0 Å². The second kappa shape index (κ2) is 7.45. The molecule has 0 fully saturated rings. The summed E-state index contributed by atoms with van der Waals surface area (Å²) in [5.74, 6) is 0. The lowest BCUT2D eigenvalue weighted by molar-refractivity contribution is 0.199. The highest BCUT2D eigenvalue weighted by atomic mass is 79.9. The Balaban J connectivity index is 2.34. The topological polar surface area (TPSA) is 67.4 Å². The van der Waals surface area contributed by atoms with Crippen molar-refractivity contribution in [1.82, 2.24) is 10.0 Å². The molecule has 8 heteroatoms. The normalized spacial score (nSPS) is 11.9. The van der Waals surface area contributed by atoms with E-state index in [-0.39, 0.29) is 0 Å². The summed E-state index contributed by atoms with van der Waals surface area (Å²) in [5, 5.41) is 4.79. The minimum absolute atomic E-state index is 0.314. The fourth-order valence-electron chi connectivity index (χ4n) is 1.11. The van der Waals surface area contributed by atoms with Crippen molar-refractivity contribution >= 4 is 37.3 Å². The summed E-state index contributed by atoms with van der Waals surface area (Å²) in [6.07, 6.45) is 0. The number of nitrogens with one attached hydrogen (secondary N) is 2.